The summed E-state index contributed by atoms with van der Waals surface area (Å²) in [5.74, 6) is -0.244. The molecular formula is C7H11O3+. The quantitative estimate of drug-likeness (QED) is 0.404. The standard InChI is InChI=1S/C7H11O3/c1-6(8)10-7-3-2-4-9-5-7/h5,7H,2-4H2,1H3/q+1/t7-/m0/s1. The average Bonchev–Trinajstić information content (AvgIpc) is 1.88. The summed E-state index contributed by atoms with van der Waals surface area (Å²) in [6, 6.07) is 0. The lowest BCUT2D eigenvalue weighted by Gasteiger charge is -2.11. The van der Waals surface area contributed by atoms with Gasteiger partial charge in [0.05, 0.1) is 6.61 Å². The van der Waals surface area contributed by atoms with Gasteiger partial charge in [0.1, 0.15) is 0 Å². The first-order valence-corrected chi connectivity index (χ1v) is 3.41. The van der Waals surface area contributed by atoms with Crippen molar-refractivity contribution in [2.24, 2.45) is 0 Å². The van der Waals surface area contributed by atoms with Gasteiger partial charge in [-0.1, -0.05) is 0 Å². The zero-order valence-electron chi connectivity index (χ0n) is 6.00. The number of esters is 1. The monoisotopic (exact) mass is 143 g/mol. The van der Waals surface area contributed by atoms with Crippen molar-refractivity contribution in [3.8, 4) is 0 Å². The van der Waals surface area contributed by atoms with Crippen LogP contribution in [0, 0.1) is 6.61 Å². The zero-order chi connectivity index (χ0) is 7.40. The highest BCUT2D eigenvalue weighted by Crippen LogP contribution is 2.12. The number of rotatable bonds is 1. The van der Waals surface area contributed by atoms with Gasteiger partial charge in [0, 0.05) is 13.3 Å². The van der Waals surface area contributed by atoms with Crippen LogP contribution in [0.25, 0.3) is 0 Å². The molecule has 1 atom stereocenters. The Kier molecular flexibility index (Phi) is 2.57. The fourth-order valence-electron chi connectivity index (χ4n) is 0.911. The van der Waals surface area contributed by atoms with Crippen molar-refractivity contribution in [1.29, 1.82) is 0 Å². The van der Waals surface area contributed by atoms with Gasteiger partial charge in [0.2, 0.25) is 0 Å². The van der Waals surface area contributed by atoms with Crippen molar-refractivity contribution in [2.75, 3.05) is 6.61 Å². The summed E-state index contributed by atoms with van der Waals surface area (Å²) >= 11 is 0. The first kappa shape index (κ1) is 7.41. The van der Waals surface area contributed by atoms with Crippen molar-refractivity contribution >= 4 is 5.97 Å². The number of carbonyl (C=O) groups is 1. The van der Waals surface area contributed by atoms with Crippen LogP contribution in [0.4, 0.5) is 0 Å². The first-order chi connectivity index (χ1) is 4.79. The minimum absolute atomic E-state index is 0.119. The molecule has 0 aliphatic carbocycles. The van der Waals surface area contributed by atoms with Gasteiger partial charge in [-0.05, 0) is 6.42 Å². The Morgan fingerprint density at radius 1 is 1.80 bits per heavy atom. The lowest BCUT2D eigenvalue weighted by atomic mass is 10.2. The second-order valence-corrected chi connectivity index (χ2v) is 2.30. The lowest BCUT2D eigenvalue weighted by molar-refractivity contribution is -0.148. The third kappa shape index (κ3) is 2.27. The van der Waals surface area contributed by atoms with Crippen molar-refractivity contribution < 1.29 is 14.3 Å². The highest BCUT2D eigenvalue weighted by atomic mass is 16.6. The maximum Gasteiger partial charge on any atom is 0.306 e. The second kappa shape index (κ2) is 3.46. The molecule has 0 aromatic heterocycles. The van der Waals surface area contributed by atoms with Gasteiger partial charge in [-0.3, -0.25) is 4.79 Å². The van der Waals surface area contributed by atoms with E-state index in [1.165, 1.54) is 6.92 Å². The van der Waals surface area contributed by atoms with Crippen LogP contribution in [0.5, 0.6) is 0 Å². The van der Waals surface area contributed by atoms with Crippen LogP contribution in [0.1, 0.15) is 19.8 Å². The van der Waals surface area contributed by atoms with E-state index in [2.05, 4.69) is 0 Å². The molecule has 10 heavy (non-hydrogen) atoms. The van der Waals surface area contributed by atoms with E-state index < -0.39 is 0 Å². The van der Waals surface area contributed by atoms with Gasteiger partial charge in [0.15, 0.2) is 0 Å². The topological polar surface area (TPSA) is 35.5 Å². The number of ether oxygens (including phenoxy) is 2. The fourth-order valence-corrected chi connectivity index (χ4v) is 0.911. The fraction of sp³-hybridized carbons (Fsp3) is 0.714. The van der Waals surface area contributed by atoms with E-state index in [1.807, 2.05) is 0 Å². The molecule has 3 heteroatoms. The van der Waals surface area contributed by atoms with Gasteiger partial charge in [-0.15, -0.1) is 0 Å². The molecule has 1 saturated heterocycles. The van der Waals surface area contributed by atoms with Gasteiger partial charge >= 0.3 is 5.97 Å². The smallest absolute Gasteiger partial charge is 0.306 e. The Morgan fingerprint density at radius 2 is 2.60 bits per heavy atom. The summed E-state index contributed by atoms with van der Waals surface area (Å²) in [5.41, 5.74) is 0. The van der Waals surface area contributed by atoms with E-state index in [1.54, 1.807) is 6.61 Å². The number of hydrogen-bond donors (Lipinski definition) is 0. The molecule has 1 fully saturated rings. The van der Waals surface area contributed by atoms with Crippen LogP contribution in [0.2, 0.25) is 0 Å². The summed E-state index contributed by atoms with van der Waals surface area (Å²) in [4.78, 5) is 10.4. The Balaban J connectivity index is 2.19. The third-order valence-corrected chi connectivity index (χ3v) is 1.32. The first-order valence-electron chi connectivity index (χ1n) is 3.41. The molecule has 0 spiro atoms. The highest BCUT2D eigenvalue weighted by molar-refractivity contribution is 5.66. The summed E-state index contributed by atoms with van der Waals surface area (Å²) in [7, 11) is 0. The van der Waals surface area contributed by atoms with E-state index >= 15 is 0 Å². The van der Waals surface area contributed by atoms with Gasteiger partial charge in [-0.2, -0.15) is 4.74 Å². The zero-order valence-corrected chi connectivity index (χ0v) is 6.00. The normalized spacial score (nSPS) is 25.1. The maximum absolute atomic E-state index is 10.4. The predicted octanol–water partition coefficient (Wildman–Crippen LogP) is 0.890. The van der Waals surface area contributed by atoms with E-state index in [-0.39, 0.29) is 12.1 Å². The Hall–Kier alpha value is -0.700. The molecule has 1 aliphatic rings. The summed E-state index contributed by atoms with van der Waals surface area (Å²) in [6.07, 6.45) is 1.74. The molecular weight excluding hydrogens is 132 g/mol. The van der Waals surface area contributed by atoms with Gasteiger partial charge in [0.25, 0.3) is 12.7 Å². The summed E-state index contributed by atoms with van der Waals surface area (Å²) in [6.45, 7) is 3.74. The lowest BCUT2D eigenvalue weighted by Crippen LogP contribution is -2.22. The van der Waals surface area contributed by atoms with Gasteiger partial charge in [-0.25, -0.2) is 0 Å². The molecule has 1 aliphatic heterocycles. The molecule has 0 aromatic rings. The molecule has 0 saturated carbocycles. The largest absolute Gasteiger partial charge is 0.417 e. The highest BCUT2D eigenvalue weighted by Gasteiger charge is 2.25. The number of carbonyl (C=O) groups excluding carboxylic acids is 1. The molecule has 0 aromatic carbocycles. The number of hydrogen-bond acceptors (Lipinski definition) is 3. The van der Waals surface area contributed by atoms with Crippen molar-refractivity contribution in [1.82, 2.24) is 0 Å². The van der Waals surface area contributed by atoms with Crippen LogP contribution < -0.4 is 0 Å². The van der Waals surface area contributed by atoms with E-state index in [4.69, 9.17) is 9.47 Å². The minimum atomic E-state index is -0.244. The molecule has 0 unspecified atom stereocenters. The van der Waals surface area contributed by atoms with Crippen LogP contribution >= 0.6 is 0 Å². The van der Waals surface area contributed by atoms with E-state index in [9.17, 15) is 4.79 Å². The van der Waals surface area contributed by atoms with Crippen LogP contribution in [-0.2, 0) is 14.3 Å². The molecule has 56 valence electrons. The summed E-state index contributed by atoms with van der Waals surface area (Å²) in [5, 5.41) is 0. The molecule has 0 amide bonds. The van der Waals surface area contributed by atoms with Crippen LogP contribution in [0.15, 0.2) is 0 Å². The molecule has 1 rings (SSSR count). The SMILES string of the molecule is CC(=O)O[C@@H]1[CH+]OCCC1. The molecule has 3 nitrogen and oxygen atoms in total. The molecule has 0 N–H and O–H groups in total. The molecule has 0 radical (unpaired) electrons. The Bertz CT molecular complexity index is 116. The average molecular weight is 143 g/mol. The van der Waals surface area contributed by atoms with E-state index in [0.29, 0.717) is 0 Å². The van der Waals surface area contributed by atoms with Crippen molar-refractivity contribution in [2.45, 2.75) is 25.9 Å². The molecule has 1 heterocycles. The molecule has 0 bridgehead atoms. The predicted molar refractivity (Wildman–Crippen MR) is 35.0 cm³/mol. The minimum Gasteiger partial charge on any atom is -0.417 e. The second-order valence-electron chi connectivity index (χ2n) is 2.30. The Morgan fingerprint density at radius 3 is 3.10 bits per heavy atom. The van der Waals surface area contributed by atoms with Crippen LogP contribution in [-0.4, -0.2) is 18.7 Å². The third-order valence-electron chi connectivity index (χ3n) is 1.32. The summed E-state index contributed by atoms with van der Waals surface area (Å²) < 4.78 is 9.85. The van der Waals surface area contributed by atoms with Crippen molar-refractivity contribution in [3.63, 3.8) is 0 Å². The Labute approximate surface area is 60.3 Å². The maximum atomic E-state index is 10.4. The van der Waals surface area contributed by atoms with Crippen LogP contribution in [0.3, 0.4) is 0 Å². The van der Waals surface area contributed by atoms with E-state index in [0.717, 1.165) is 19.4 Å². The van der Waals surface area contributed by atoms with Crippen molar-refractivity contribution in [3.05, 3.63) is 6.61 Å². The van der Waals surface area contributed by atoms with Gasteiger partial charge < -0.3 is 4.74 Å².